The van der Waals surface area contributed by atoms with Crippen LogP contribution in [0.15, 0.2) is 54.9 Å². The Morgan fingerprint density at radius 3 is 2.33 bits per heavy atom. The Hall–Kier alpha value is -4.61. The van der Waals surface area contributed by atoms with E-state index in [9.17, 15) is 18.4 Å². The molecule has 0 spiro atoms. The van der Waals surface area contributed by atoms with E-state index in [-0.39, 0.29) is 34.7 Å². The predicted octanol–water partition coefficient (Wildman–Crippen LogP) is 6.24. The van der Waals surface area contributed by atoms with Crippen molar-refractivity contribution < 1.29 is 23.1 Å². The highest BCUT2D eigenvalue weighted by Crippen LogP contribution is 2.33. The first kappa shape index (κ1) is 32.0. The first-order chi connectivity index (χ1) is 23.0. The summed E-state index contributed by atoms with van der Waals surface area (Å²) in [5.74, 6) is -0.863. The van der Waals surface area contributed by atoms with Gasteiger partial charge in [0.05, 0.1) is 23.4 Å². The molecule has 0 radical (unpaired) electrons. The molecule has 2 saturated heterocycles. The highest BCUT2D eigenvalue weighted by Gasteiger charge is 2.40. The Balaban J connectivity index is 0.991. The van der Waals surface area contributed by atoms with Crippen molar-refractivity contribution >= 4 is 11.8 Å². The van der Waals surface area contributed by atoms with E-state index in [0.29, 0.717) is 50.7 Å². The van der Waals surface area contributed by atoms with Crippen LogP contribution in [0.1, 0.15) is 82.1 Å². The number of hydrogen-bond donors (Lipinski definition) is 0. The lowest BCUT2D eigenvalue weighted by molar-refractivity contribution is -0.133. The zero-order valence-electron chi connectivity index (χ0n) is 27.6. The van der Waals surface area contributed by atoms with Crippen molar-refractivity contribution in [2.24, 2.45) is 0 Å². The molecule has 2 aliphatic heterocycles. The van der Waals surface area contributed by atoms with Gasteiger partial charge in [-0.25, -0.2) is 13.5 Å². The third-order valence-corrected chi connectivity index (χ3v) is 9.81. The largest absolute Gasteiger partial charge is 0.490 e. The van der Waals surface area contributed by atoms with Gasteiger partial charge in [-0.15, -0.1) is 5.10 Å². The molecule has 1 unspecified atom stereocenters. The molecule has 4 heterocycles. The Kier molecular flexibility index (Phi) is 8.51. The summed E-state index contributed by atoms with van der Waals surface area (Å²) in [5, 5.41) is 13.2. The third kappa shape index (κ3) is 6.32. The Bertz CT molecular complexity index is 1800. The second kappa shape index (κ2) is 12.8. The number of ether oxygens (including phenoxy) is 1. The zero-order valence-corrected chi connectivity index (χ0v) is 27.6. The van der Waals surface area contributed by atoms with Crippen molar-refractivity contribution in [1.29, 1.82) is 0 Å². The number of aromatic nitrogens is 5. The maximum absolute atomic E-state index is 14.8. The first-order valence-corrected chi connectivity index (χ1v) is 16.9. The monoisotopic (exact) mass is 657 g/mol. The molecule has 1 saturated carbocycles. The van der Waals surface area contributed by atoms with Crippen LogP contribution in [0.4, 0.5) is 8.78 Å². The molecule has 2 aromatic carbocycles. The van der Waals surface area contributed by atoms with Crippen LogP contribution in [-0.2, 0) is 10.3 Å². The lowest BCUT2D eigenvalue weighted by Crippen LogP contribution is -2.47. The summed E-state index contributed by atoms with van der Waals surface area (Å²) in [7, 11) is 0. The molecule has 10 nitrogen and oxygen atoms in total. The van der Waals surface area contributed by atoms with Crippen molar-refractivity contribution in [3.05, 3.63) is 72.1 Å². The van der Waals surface area contributed by atoms with E-state index in [1.165, 1.54) is 25.0 Å². The van der Waals surface area contributed by atoms with Gasteiger partial charge >= 0.3 is 0 Å². The SMILES string of the molecule is CC(C)(C)n1cc(C(=O)N2CCC(N3CCC(n4cc(-c5ccc(OC6CCCC6)cc5)nn4)C3=O)CC2)c(-c2ccc(F)cc2F)n1. The molecule has 2 amide bonds. The fraction of sp³-hybridized carbons (Fsp3) is 0.472. The Morgan fingerprint density at radius 2 is 1.65 bits per heavy atom. The number of piperidine rings is 1. The molecule has 4 aromatic rings. The molecule has 1 atom stereocenters. The highest BCUT2D eigenvalue weighted by atomic mass is 19.1. The predicted molar refractivity (Wildman–Crippen MR) is 175 cm³/mol. The van der Waals surface area contributed by atoms with Gasteiger partial charge in [-0.3, -0.25) is 14.3 Å². The normalized spacial score (nSPS) is 19.4. The number of hydrogen-bond acceptors (Lipinski definition) is 6. The van der Waals surface area contributed by atoms with Crippen LogP contribution < -0.4 is 4.74 Å². The van der Waals surface area contributed by atoms with Gasteiger partial charge in [-0.05, 0) is 102 Å². The molecule has 3 aliphatic rings. The number of nitrogens with zero attached hydrogens (tertiary/aromatic N) is 7. The quantitative estimate of drug-likeness (QED) is 0.233. The van der Waals surface area contributed by atoms with Crippen LogP contribution in [0.3, 0.4) is 0 Å². The molecule has 2 aromatic heterocycles. The van der Waals surface area contributed by atoms with Crippen LogP contribution >= 0.6 is 0 Å². The zero-order chi connectivity index (χ0) is 33.6. The third-order valence-electron chi connectivity index (χ3n) is 9.81. The van der Waals surface area contributed by atoms with Crippen LogP contribution in [0.2, 0.25) is 0 Å². The lowest BCUT2D eigenvalue weighted by Gasteiger charge is -2.36. The minimum absolute atomic E-state index is 0.00624. The number of amides is 2. The highest BCUT2D eigenvalue weighted by molar-refractivity contribution is 6.00. The summed E-state index contributed by atoms with van der Waals surface area (Å²) >= 11 is 0. The van der Waals surface area contributed by atoms with Crippen LogP contribution in [0, 0.1) is 11.6 Å². The van der Waals surface area contributed by atoms with Gasteiger partial charge in [0.15, 0.2) is 0 Å². The minimum atomic E-state index is -0.773. The minimum Gasteiger partial charge on any atom is -0.490 e. The average molecular weight is 658 g/mol. The average Bonchev–Trinajstić information content (AvgIpc) is 3.88. The van der Waals surface area contributed by atoms with Crippen LogP contribution in [0.5, 0.6) is 5.75 Å². The fourth-order valence-electron chi connectivity index (χ4n) is 7.06. The number of halogens is 2. The molecule has 7 rings (SSSR count). The molecule has 12 heteroatoms. The van der Waals surface area contributed by atoms with Crippen molar-refractivity contribution in [1.82, 2.24) is 34.6 Å². The summed E-state index contributed by atoms with van der Waals surface area (Å²) in [4.78, 5) is 31.1. The summed E-state index contributed by atoms with van der Waals surface area (Å²) in [5.41, 5.74) is 1.69. The van der Waals surface area contributed by atoms with Crippen molar-refractivity contribution in [3.8, 4) is 28.3 Å². The first-order valence-electron chi connectivity index (χ1n) is 16.9. The number of likely N-dealkylation sites (tertiary alicyclic amines) is 2. The van der Waals surface area contributed by atoms with E-state index in [1.807, 2.05) is 56.1 Å². The molecule has 3 fully saturated rings. The standard InChI is InChI=1S/C36H41F2N7O3/c1-36(2,3)45-21-29(33(40-45)28-13-10-24(37)20-30(28)38)34(46)42-17-14-25(15-18-42)43-19-16-32(35(43)47)44-22-31(39-41-44)23-8-11-27(12-9-23)48-26-6-4-5-7-26/h8-13,20-22,25-26,32H,4-7,14-19H2,1-3H3. The molecule has 0 bridgehead atoms. The summed E-state index contributed by atoms with van der Waals surface area (Å²) in [6.45, 7) is 7.31. The molecular weight excluding hydrogens is 616 g/mol. The maximum Gasteiger partial charge on any atom is 0.257 e. The van der Waals surface area contributed by atoms with Gasteiger partial charge in [0.2, 0.25) is 5.91 Å². The number of benzene rings is 2. The molecule has 252 valence electrons. The van der Waals surface area contributed by atoms with E-state index in [1.54, 1.807) is 20.5 Å². The van der Waals surface area contributed by atoms with E-state index >= 15 is 0 Å². The van der Waals surface area contributed by atoms with Crippen LogP contribution in [-0.4, -0.2) is 78.2 Å². The lowest BCUT2D eigenvalue weighted by atomic mass is 10.0. The second-order valence-electron chi connectivity index (χ2n) is 14.1. The summed E-state index contributed by atoms with van der Waals surface area (Å²) < 4.78 is 37.9. The Morgan fingerprint density at radius 1 is 0.917 bits per heavy atom. The summed E-state index contributed by atoms with van der Waals surface area (Å²) in [6.07, 6.45) is 10.3. The topological polar surface area (TPSA) is 98.4 Å². The van der Waals surface area contributed by atoms with E-state index < -0.39 is 23.2 Å². The number of carbonyl (C=O) groups is 2. The van der Waals surface area contributed by atoms with E-state index in [2.05, 4.69) is 15.4 Å². The van der Waals surface area contributed by atoms with Crippen molar-refractivity contribution in [3.63, 3.8) is 0 Å². The van der Waals surface area contributed by atoms with Gasteiger partial charge in [-0.2, -0.15) is 5.10 Å². The molecular formula is C36H41F2N7O3. The van der Waals surface area contributed by atoms with Crippen molar-refractivity contribution in [2.75, 3.05) is 19.6 Å². The van der Waals surface area contributed by atoms with Gasteiger partial charge in [-0.1, -0.05) is 5.21 Å². The number of carbonyl (C=O) groups excluding carboxylic acids is 2. The van der Waals surface area contributed by atoms with E-state index in [0.717, 1.165) is 30.2 Å². The van der Waals surface area contributed by atoms with Gasteiger partial charge in [0.25, 0.3) is 5.91 Å². The number of rotatable bonds is 7. The second-order valence-corrected chi connectivity index (χ2v) is 14.1. The van der Waals surface area contributed by atoms with E-state index in [4.69, 9.17) is 4.74 Å². The Labute approximate surface area is 278 Å². The maximum atomic E-state index is 14.8. The van der Waals surface area contributed by atoms with Crippen LogP contribution in [0.25, 0.3) is 22.5 Å². The van der Waals surface area contributed by atoms with Gasteiger partial charge < -0.3 is 14.5 Å². The molecule has 0 N–H and O–H groups in total. The molecule has 48 heavy (non-hydrogen) atoms. The molecule has 1 aliphatic carbocycles. The van der Waals surface area contributed by atoms with Crippen molar-refractivity contribution in [2.45, 2.75) is 89.4 Å². The summed E-state index contributed by atoms with van der Waals surface area (Å²) in [6, 6.07) is 10.7. The smallest absolute Gasteiger partial charge is 0.257 e. The fourth-order valence-corrected chi connectivity index (χ4v) is 7.06. The van der Waals surface area contributed by atoms with Gasteiger partial charge in [0, 0.05) is 49.1 Å². The van der Waals surface area contributed by atoms with Gasteiger partial charge in [0.1, 0.15) is 34.8 Å².